The minimum atomic E-state index is -1.05. The molecule has 3 N–H and O–H groups in total. The van der Waals surface area contributed by atoms with Gasteiger partial charge in [-0.25, -0.2) is 4.79 Å². The lowest BCUT2D eigenvalue weighted by Gasteiger charge is -2.16. The molecule has 0 spiro atoms. The lowest BCUT2D eigenvalue weighted by atomic mass is 10.1. The Balaban J connectivity index is 2.67. The highest BCUT2D eigenvalue weighted by molar-refractivity contribution is 6.30. The number of hydrogen-bond acceptors (Lipinski definition) is 4. The fourth-order valence-corrected chi connectivity index (χ4v) is 1.88. The Bertz CT molecular complexity index is 633. The molecule has 1 aromatic rings. The van der Waals surface area contributed by atoms with E-state index in [9.17, 15) is 9.59 Å². The van der Waals surface area contributed by atoms with E-state index in [1.165, 1.54) is 0 Å². The zero-order chi connectivity index (χ0) is 17.4. The minimum Gasteiger partial charge on any atom is -0.480 e. The number of amides is 1. The van der Waals surface area contributed by atoms with Crippen LogP contribution in [0.25, 0.3) is 0 Å². The molecule has 0 aromatic heterocycles. The Morgan fingerprint density at radius 2 is 1.96 bits per heavy atom. The second kappa shape index (κ2) is 8.81. The van der Waals surface area contributed by atoms with Crippen molar-refractivity contribution in [3.05, 3.63) is 46.6 Å². The van der Waals surface area contributed by atoms with Gasteiger partial charge in [0.05, 0.1) is 0 Å². The summed E-state index contributed by atoms with van der Waals surface area (Å²) >= 11 is 5.77. The van der Waals surface area contributed by atoms with Gasteiger partial charge in [-0.3, -0.25) is 4.79 Å². The van der Waals surface area contributed by atoms with E-state index in [-0.39, 0.29) is 18.0 Å². The third-order valence-corrected chi connectivity index (χ3v) is 3.32. The number of nitriles is 1. The fourth-order valence-electron chi connectivity index (χ4n) is 1.75. The van der Waals surface area contributed by atoms with E-state index in [4.69, 9.17) is 22.0 Å². The largest absolute Gasteiger partial charge is 0.480 e. The van der Waals surface area contributed by atoms with Crippen LogP contribution < -0.4 is 10.6 Å². The van der Waals surface area contributed by atoms with Gasteiger partial charge >= 0.3 is 5.97 Å². The maximum Gasteiger partial charge on any atom is 0.326 e. The predicted octanol–water partition coefficient (Wildman–Crippen LogP) is 2.06. The van der Waals surface area contributed by atoms with Crippen molar-refractivity contribution >= 4 is 23.5 Å². The molecule has 0 fully saturated rings. The monoisotopic (exact) mass is 335 g/mol. The Hall–Kier alpha value is -2.52. The van der Waals surface area contributed by atoms with Crippen molar-refractivity contribution in [2.75, 3.05) is 0 Å². The molecule has 0 bridgehead atoms. The van der Waals surface area contributed by atoms with Crippen LogP contribution in [0.1, 0.15) is 19.4 Å². The first kappa shape index (κ1) is 18.5. The van der Waals surface area contributed by atoms with Gasteiger partial charge in [-0.05, 0) is 23.6 Å². The normalized spacial score (nSPS) is 12.4. The van der Waals surface area contributed by atoms with Gasteiger partial charge in [-0.15, -0.1) is 0 Å². The standard InChI is InChI=1S/C16H18ClN3O3/c1-10(2)14(16(22)23)19-9-12(7-18)15(21)20-8-11-3-5-13(17)6-4-11/h3-6,9-10,14,19H,8H2,1-2H3,(H,20,21)(H,22,23)/b12-9-. The van der Waals surface area contributed by atoms with Crippen LogP contribution in [-0.4, -0.2) is 23.0 Å². The van der Waals surface area contributed by atoms with E-state index in [0.29, 0.717) is 5.02 Å². The van der Waals surface area contributed by atoms with Crippen LogP contribution in [0.4, 0.5) is 0 Å². The number of aliphatic carboxylic acids is 1. The van der Waals surface area contributed by atoms with Gasteiger partial charge in [0.25, 0.3) is 5.91 Å². The van der Waals surface area contributed by atoms with E-state index in [1.54, 1.807) is 44.2 Å². The number of benzene rings is 1. The van der Waals surface area contributed by atoms with E-state index < -0.39 is 17.9 Å². The third kappa shape index (κ3) is 6.01. The summed E-state index contributed by atoms with van der Waals surface area (Å²) in [7, 11) is 0. The van der Waals surface area contributed by atoms with Crippen molar-refractivity contribution in [3.8, 4) is 6.07 Å². The predicted molar refractivity (Wildman–Crippen MR) is 86.4 cm³/mol. The number of hydrogen-bond donors (Lipinski definition) is 3. The van der Waals surface area contributed by atoms with Gasteiger partial charge < -0.3 is 15.7 Å². The van der Waals surface area contributed by atoms with Crippen LogP contribution in [0.3, 0.4) is 0 Å². The Morgan fingerprint density at radius 1 is 1.35 bits per heavy atom. The molecule has 0 aliphatic carbocycles. The molecular formula is C16H18ClN3O3. The van der Waals surface area contributed by atoms with Crippen molar-refractivity contribution in [2.24, 2.45) is 5.92 Å². The van der Waals surface area contributed by atoms with Crippen LogP contribution in [0, 0.1) is 17.2 Å². The fraction of sp³-hybridized carbons (Fsp3) is 0.312. The Kier molecular flexibility index (Phi) is 7.10. The lowest BCUT2D eigenvalue weighted by molar-refractivity contribution is -0.140. The molecule has 1 amide bonds. The van der Waals surface area contributed by atoms with Gasteiger partial charge in [0.15, 0.2) is 0 Å². The highest BCUT2D eigenvalue weighted by atomic mass is 35.5. The number of nitrogens with zero attached hydrogens (tertiary/aromatic N) is 1. The maximum atomic E-state index is 12.0. The van der Waals surface area contributed by atoms with Crippen molar-refractivity contribution in [1.29, 1.82) is 5.26 Å². The molecule has 0 heterocycles. The SMILES string of the molecule is CC(C)C(N/C=C(/C#N)C(=O)NCc1ccc(Cl)cc1)C(=O)O. The summed E-state index contributed by atoms with van der Waals surface area (Å²) in [6.07, 6.45) is 1.13. The van der Waals surface area contributed by atoms with Crippen molar-refractivity contribution in [1.82, 2.24) is 10.6 Å². The minimum absolute atomic E-state index is 0.189. The second-order valence-corrected chi connectivity index (χ2v) is 5.64. The highest BCUT2D eigenvalue weighted by Crippen LogP contribution is 2.09. The first-order valence-electron chi connectivity index (χ1n) is 6.97. The molecule has 7 heteroatoms. The highest BCUT2D eigenvalue weighted by Gasteiger charge is 2.20. The number of rotatable bonds is 7. The smallest absolute Gasteiger partial charge is 0.326 e. The molecule has 0 saturated carbocycles. The molecule has 1 aromatic carbocycles. The molecule has 122 valence electrons. The van der Waals surface area contributed by atoms with Crippen molar-refractivity contribution in [2.45, 2.75) is 26.4 Å². The first-order valence-corrected chi connectivity index (χ1v) is 7.34. The topological polar surface area (TPSA) is 102 Å². The van der Waals surface area contributed by atoms with E-state index >= 15 is 0 Å². The molecule has 23 heavy (non-hydrogen) atoms. The first-order chi connectivity index (χ1) is 10.8. The zero-order valence-corrected chi connectivity index (χ0v) is 13.6. The van der Waals surface area contributed by atoms with Crippen LogP contribution >= 0.6 is 11.6 Å². The number of carbonyl (C=O) groups is 2. The zero-order valence-electron chi connectivity index (χ0n) is 12.8. The number of nitrogens with one attached hydrogen (secondary N) is 2. The second-order valence-electron chi connectivity index (χ2n) is 5.21. The summed E-state index contributed by atoms with van der Waals surface area (Å²) in [6.45, 7) is 3.69. The van der Waals surface area contributed by atoms with Crippen LogP contribution in [0.15, 0.2) is 36.0 Å². The number of carbonyl (C=O) groups excluding carboxylic acids is 1. The lowest BCUT2D eigenvalue weighted by Crippen LogP contribution is -2.38. The molecule has 1 unspecified atom stereocenters. The van der Waals surface area contributed by atoms with Gasteiger partial charge in [0.2, 0.25) is 0 Å². The Labute approximate surface area is 139 Å². The average Bonchev–Trinajstić information content (AvgIpc) is 2.50. The summed E-state index contributed by atoms with van der Waals surface area (Å²) in [5.74, 6) is -1.82. The number of carboxylic acids is 1. The van der Waals surface area contributed by atoms with Gasteiger partial charge in [-0.1, -0.05) is 37.6 Å². The van der Waals surface area contributed by atoms with E-state index in [2.05, 4.69) is 10.6 Å². The van der Waals surface area contributed by atoms with Crippen molar-refractivity contribution < 1.29 is 14.7 Å². The molecule has 0 saturated heterocycles. The molecule has 6 nitrogen and oxygen atoms in total. The molecule has 1 atom stereocenters. The third-order valence-electron chi connectivity index (χ3n) is 3.07. The van der Waals surface area contributed by atoms with E-state index in [0.717, 1.165) is 11.8 Å². The molecule has 0 aliphatic rings. The van der Waals surface area contributed by atoms with E-state index in [1.807, 2.05) is 0 Å². The summed E-state index contributed by atoms with van der Waals surface area (Å²) in [6, 6.07) is 7.80. The molecular weight excluding hydrogens is 318 g/mol. The van der Waals surface area contributed by atoms with Crippen molar-refractivity contribution in [3.63, 3.8) is 0 Å². The number of carboxylic acid groups (broad SMARTS) is 1. The molecule has 0 aliphatic heterocycles. The summed E-state index contributed by atoms with van der Waals surface area (Å²) in [4.78, 5) is 23.0. The number of halogens is 1. The average molecular weight is 336 g/mol. The van der Waals surface area contributed by atoms with Gasteiger partial charge in [0.1, 0.15) is 17.7 Å². The van der Waals surface area contributed by atoms with Gasteiger partial charge in [-0.2, -0.15) is 5.26 Å². The molecule has 0 radical (unpaired) electrons. The summed E-state index contributed by atoms with van der Waals surface area (Å²) < 4.78 is 0. The molecule has 1 rings (SSSR count). The summed E-state index contributed by atoms with van der Waals surface area (Å²) in [5.41, 5.74) is 0.643. The summed E-state index contributed by atoms with van der Waals surface area (Å²) in [5, 5.41) is 23.9. The van der Waals surface area contributed by atoms with Crippen LogP contribution in [-0.2, 0) is 16.1 Å². The van der Waals surface area contributed by atoms with Crippen LogP contribution in [0.5, 0.6) is 0 Å². The quantitative estimate of drug-likeness (QED) is 0.523. The van der Waals surface area contributed by atoms with Gasteiger partial charge in [0, 0.05) is 17.8 Å². The maximum absolute atomic E-state index is 12.0. The van der Waals surface area contributed by atoms with Crippen LogP contribution in [0.2, 0.25) is 5.02 Å². The Morgan fingerprint density at radius 3 is 2.43 bits per heavy atom.